The van der Waals surface area contributed by atoms with Crippen molar-refractivity contribution in [2.45, 2.75) is 18.2 Å². The van der Waals surface area contributed by atoms with Crippen LogP contribution in [0, 0.1) is 12.7 Å². The highest BCUT2D eigenvalue weighted by Crippen LogP contribution is 2.46. The first-order valence-corrected chi connectivity index (χ1v) is 10.1. The van der Waals surface area contributed by atoms with Crippen LogP contribution in [0.4, 0.5) is 14.9 Å². The number of carbonyl (C=O) groups excluding carboxylic acids is 2. The van der Waals surface area contributed by atoms with Gasteiger partial charge in [-0.2, -0.15) is 0 Å². The average molecular weight is 454 g/mol. The molecule has 150 valence electrons. The number of fused-ring (bicyclic) bond motifs is 1. The van der Waals surface area contributed by atoms with Crippen LogP contribution in [0.25, 0.3) is 4.91 Å². The highest BCUT2D eigenvalue weighted by molar-refractivity contribution is 8.09. The van der Waals surface area contributed by atoms with Crippen molar-refractivity contribution < 1.29 is 18.7 Å². The van der Waals surface area contributed by atoms with Gasteiger partial charge in [-0.15, -0.1) is 11.8 Å². The minimum absolute atomic E-state index is 0.0374. The number of benzene rings is 1. The molecule has 1 fully saturated rings. The molecule has 1 aromatic carbocycles. The Morgan fingerprint density at radius 3 is 2.76 bits per heavy atom. The SMILES string of the molecule is COc1cc(C2=CC3NC(=O)N(c4cncc(C)c4Cl)C(=O)C3S2)c(Cl)cc1F. The molecule has 0 saturated carbocycles. The second-order valence-electron chi connectivity index (χ2n) is 6.47. The number of thioether (sulfide) groups is 1. The lowest BCUT2D eigenvalue weighted by Gasteiger charge is -2.33. The van der Waals surface area contributed by atoms with Crippen LogP contribution in [0.2, 0.25) is 10.0 Å². The summed E-state index contributed by atoms with van der Waals surface area (Å²) in [6, 6.07) is 1.50. The number of hydrogen-bond acceptors (Lipinski definition) is 5. The summed E-state index contributed by atoms with van der Waals surface area (Å²) >= 11 is 13.7. The molecule has 3 heterocycles. The Morgan fingerprint density at radius 2 is 2.03 bits per heavy atom. The van der Waals surface area contributed by atoms with Gasteiger partial charge in [0.15, 0.2) is 11.6 Å². The third-order valence-electron chi connectivity index (χ3n) is 4.65. The number of anilines is 1. The Bertz CT molecular complexity index is 1080. The van der Waals surface area contributed by atoms with Gasteiger partial charge >= 0.3 is 6.03 Å². The maximum Gasteiger partial charge on any atom is 0.329 e. The zero-order valence-corrected chi connectivity index (χ0v) is 17.5. The van der Waals surface area contributed by atoms with Gasteiger partial charge in [0.25, 0.3) is 5.91 Å². The number of nitrogens with zero attached hydrogens (tertiary/aromatic N) is 2. The fraction of sp³-hybridized carbons (Fsp3) is 0.211. The summed E-state index contributed by atoms with van der Waals surface area (Å²) in [7, 11) is 1.35. The second-order valence-corrected chi connectivity index (χ2v) is 8.44. The molecule has 2 unspecified atom stereocenters. The number of nitrogens with one attached hydrogen (secondary N) is 1. The second kappa shape index (κ2) is 7.51. The number of imide groups is 1. The maximum atomic E-state index is 13.9. The van der Waals surface area contributed by atoms with Crippen LogP contribution in [0.3, 0.4) is 0 Å². The van der Waals surface area contributed by atoms with Gasteiger partial charge in [-0.3, -0.25) is 9.78 Å². The van der Waals surface area contributed by atoms with Gasteiger partial charge in [0, 0.05) is 16.7 Å². The number of halogens is 3. The Hall–Kier alpha value is -2.29. The molecule has 1 saturated heterocycles. The zero-order chi connectivity index (χ0) is 20.9. The van der Waals surface area contributed by atoms with E-state index in [9.17, 15) is 14.0 Å². The highest BCUT2D eigenvalue weighted by Gasteiger charge is 2.46. The van der Waals surface area contributed by atoms with Gasteiger partial charge in [0.1, 0.15) is 5.25 Å². The largest absolute Gasteiger partial charge is 0.494 e. The van der Waals surface area contributed by atoms with Crippen LogP contribution in [-0.4, -0.2) is 35.3 Å². The standard InChI is InChI=1S/C19H14Cl2FN3O3S/c1-8-6-23-7-13(16(8)21)25-18(26)17-12(24-19(25)27)5-15(29-17)9-3-14(28-2)11(22)4-10(9)20/h3-7,12,17H,1-2H3,(H,24,27). The van der Waals surface area contributed by atoms with E-state index < -0.39 is 29.0 Å². The first-order chi connectivity index (χ1) is 13.8. The molecule has 2 aliphatic heterocycles. The monoisotopic (exact) mass is 453 g/mol. The number of aromatic nitrogens is 1. The molecule has 1 N–H and O–H groups in total. The van der Waals surface area contributed by atoms with Crippen molar-refractivity contribution in [3.05, 3.63) is 57.6 Å². The zero-order valence-electron chi connectivity index (χ0n) is 15.2. The lowest BCUT2D eigenvalue weighted by Crippen LogP contribution is -2.60. The Morgan fingerprint density at radius 1 is 1.28 bits per heavy atom. The number of carbonyl (C=O) groups is 2. The average Bonchev–Trinajstić information content (AvgIpc) is 3.09. The van der Waals surface area contributed by atoms with Crippen LogP contribution >= 0.6 is 35.0 Å². The summed E-state index contributed by atoms with van der Waals surface area (Å²) in [4.78, 5) is 31.4. The van der Waals surface area contributed by atoms with Gasteiger partial charge in [-0.1, -0.05) is 23.2 Å². The van der Waals surface area contributed by atoms with E-state index >= 15 is 0 Å². The van der Waals surface area contributed by atoms with E-state index in [1.807, 2.05) is 0 Å². The first-order valence-electron chi connectivity index (χ1n) is 8.48. The van der Waals surface area contributed by atoms with Gasteiger partial charge in [-0.25, -0.2) is 14.1 Å². The minimum Gasteiger partial charge on any atom is -0.494 e. The molecule has 6 nitrogen and oxygen atoms in total. The van der Waals surface area contributed by atoms with Crippen molar-refractivity contribution >= 4 is 57.5 Å². The fourth-order valence-electron chi connectivity index (χ4n) is 3.20. The van der Waals surface area contributed by atoms with E-state index in [4.69, 9.17) is 27.9 Å². The van der Waals surface area contributed by atoms with Crippen molar-refractivity contribution in [3.63, 3.8) is 0 Å². The lowest BCUT2D eigenvalue weighted by atomic mass is 10.1. The molecule has 3 amide bonds. The highest BCUT2D eigenvalue weighted by atomic mass is 35.5. The van der Waals surface area contributed by atoms with Crippen molar-refractivity contribution in [3.8, 4) is 5.75 Å². The molecular formula is C19H14Cl2FN3O3S. The molecule has 4 rings (SSSR count). The number of hydrogen-bond donors (Lipinski definition) is 1. The van der Waals surface area contributed by atoms with Crippen LogP contribution in [0.5, 0.6) is 5.75 Å². The summed E-state index contributed by atoms with van der Waals surface area (Å²) in [5.41, 5.74) is 1.39. The van der Waals surface area contributed by atoms with E-state index in [2.05, 4.69) is 10.3 Å². The predicted molar refractivity (Wildman–Crippen MR) is 111 cm³/mol. The molecule has 2 aromatic rings. The van der Waals surface area contributed by atoms with E-state index in [1.54, 1.807) is 19.2 Å². The maximum absolute atomic E-state index is 13.9. The number of urea groups is 1. The van der Waals surface area contributed by atoms with Gasteiger partial charge in [0.2, 0.25) is 0 Å². The quantitative estimate of drug-likeness (QED) is 0.744. The van der Waals surface area contributed by atoms with Crippen molar-refractivity contribution in [2.75, 3.05) is 12.0 Å². The van der Waals surface area contributed by atoms with Crippen molar-refractivity contribution in [2.24, 2.45) is 0 Å². The van der Waals surface area contributed by atoms with Crippen LogP contribution in [0.15, 0.2) is 30.6 Å². The Labute approximate surface area is 180 Å². The number of pyridine rings is 1. The smallest absolute Gasteiger partial charge is 0.329 e. The first kappa shape index (κ1) is 20.0. The Kier molecular flexibility index (Phi) is 5.18. The molecule has 0 bridgehead atoms. The minimum atomic E-state index is -0.619. The molecule has 0 aliphatic carbocycles. The summed E-state index contributed by atoms with van der Waals surface area (Å²) in [6.07, 6.45) is 4.66. The lowest BCUT2D eigenvalue weighted by molar-refractivity contribution is -0.118. The van der Waals surface area contributed by atoms with Crippen LogP contribution < -0.4 is 15.0 Å². The third kappa shape index (κ3) is 3.35. The van der Waals surface area contributed by atoms with Gasteiger partial charge in [-0.05, 0) is 30.7 Å². The number of amides is 3. The van der Waals surface area contributed by atoms with Crippen molar-refractivity contribution in [1.82, 2.24) is 10.3 Å². The van der Waals surface area contributed by atoms with E-state index in [0.717, 1.165) is 11.0 Å². The van der Waals surface area contributed by atoms with Crippen LogP contribution in [-0.2, 0) is 4.79 Å². The normalized spacial score (nSPS) is 21.0. The summed E-state index contributed by atoms with van der Waals surface area (Å²) in [5, 5.41) is 2.64. The Balaban J connectivity index is 1.67. The number of aryl methyl sites for hydroxylation is 1. The number of rotatable bonds is 3. The molecule has 2 atom stereocenters. The summed E-state index contributed by atoms with van der Waals surface area (Å²) in [5.74, 6) is -0.968. The van der Waals surface area contributed by atoms with E-state index in [0.29, 0.717) is 16.0 Å². The van der Waals surface area contributed by atoms with E-state index in [-0.39, 0.29) is 21.5 Å². The molecular weight excluding hydrogens is 440 g/mol. The number of ether oxygens (including phenoxy) is 1. The third-order valence-corrected chi connectivity index (χ3v) is 6.82. The fourth-order valence-corrected chi connectivity index (χ4v) is 4.99. The summed E-state index contributed by atoms with van der Waals surface area (Å²) in [6.45, 7) is 1.74. The van der Waals surface area contributed by atoms with E-state index in [1.165, 1.54) is 31.1 Å². The number of methoxy groups -OCH3 is 1. The molecule has 29 heavy (non-hydrogen) atoms. The predicted octanol–water partition coefficient (Wildman–Crippen LogP) is 4.43. The van der Waals surface area contributed by atoms with Gasteiger partial charge < -0.3 is 10.1 Å². The topological polar surface area (TPSA) is 71.5 Å². The van der Waals surface area contributed by atoms with Crippen molar-refractivity contribution in [1.29, 1.82) is 0 Å². The summed E-state index contributed by atoms with van der Waals surface area (Å²) < 4.78 is 18.9. The molecule has 0 radical (unpaired) electrons. The van der Waals surface area contributed by atoms with Crippen LogP contribution in [0.1, 0.15) is 11.1 Å². The molecule has 2 aliphatic rings. The van der Waals surface area contributed by atoms with Gasteiger partial charge in [0.05, 0.1) is 35.1 Å². The molecule has 1 aromatic heterocycles. The molecule has 10 heteroatoms. The molecule has 0 spiro atoms.